The average molecular weight is 605 g/mol. The highest BCUT2D eigenvalue weighted by atomic mass is 16.6. The van der Waals surface area contributed by atoms with Crippen LogP contribution in [-0.2, 0) is 33.7 Å². The summed E-state index contributed by atoms with van der Waals surface area (Å²) >= 11 is 0. The summed E-state index contributed by atoms with van der Waals surface area (Å²) in [6.45, 7) is 5.36. The van der Waals surface area contributed by atoms with Crippen molar-refractivity contribution in [3.8, 4) is 17.2 Å². The Labute approximate surface area is 258 Å². The second-order valence-corrected chi connectivity index (χ2v) is 10.8. The monoisotopic (exact) mass is 604 g/mol. The Morgan fingerprint density at radius 2 is 1.45 bits per heavy atom. The summed E-state index contributed by atoms with van der Waals surface area (Å²) in [4.78, 5) is 43.3. The predicted octanol–water partition coefficient (Wildman–Crippen LogP) is 4.18. The molecule has 0 aliphatic heterocycles. The zero-order valence-corrected chi connectivity index (χ0v) is 25.9. The summed E-state index contributed by atoms with van der Waals surface area (Å²) in [5.74, 6) is 0.630. The number of aliphatic imine (C=N–C) groups is 1. The molecule has 0 saturated carbocycles. The molecule has 3 N–H and O–H groups in total. The Morgan fingerprint density at radius 3 is 2.07 bits per heavy atom. The molecule has 11 nitrogen and oxygen atoms in total. The lowest BCUT2D eigenvalue weighted by molar-refractivity contribution is -0.123. The number of hydrogen-bond acceptors (Lipinski definition) is 7. The molecule has 3 amide bonds. The van der Waals surface area contributed by atoms with Crippen molar-refractivity contribution >= 4 is 23.9 Å². The lowest BCUT2D eigenvalue weighted by atomic mass is 10.1. The molecule has 0 heterocycles. The molecule has 0 bridgehead atoms. The lowest BCUT2D eigenvalue weighted by Crippen LogP contribution is -2.53. The van der Waals surface area contributed by atoms with Crippen LogP contribution in [0.3, 0.4) is 0 Å². The minimum atomic E-state index is -0.927. The maximum atomic E-state index is 13.5. The average Bonchev–Trinajstić information content (AvgIpc) is 2.99. The van der Waals surface area contributed by atoms with Crippen molar-refractivity contribution in [1.82, 2.24) is 16.0 Å². The third-order valence-electron chi connectivity index (χ3n) is 6.20. The Hall–Kier alpha value is -5.06. The maximum Gasteiger partial charge on any atom is 0.437 e. The number of ether oxygens (including phenoxy) is 4. The summed E-state index contributed by atoms with van der Waals surface area (Å²) in [7, 11) is 4.61. The van der Waals surface area contributed by atoms with Crippen molar-refractivity contribution in [3.63, 3.8) is 0 Å². The molecular weight excluding hydrogens is 564 g/mol. The van der Waals surface area contributed by atoms with E-state index in [4.69, 9.17) is 18.9 Å². The smallest absolute Gasteiger partial charge is 0.437 e. The van der Waals surface area contributed by atoms with Crippen molar-refractivity contribution in [2.24, 2.45) is 4.99 Å². The van der Waals surface area contributed by atoms with Crippen LogP contribution in [0.5, 0.6) is 17.2 Å². The van der Waals surface area contributed by atoms with Crippen LogP contribution in [0.1, 0.15) is 37.5 Å². The molecule has 0 radical (unpaired) electrons. The number of amides is 3. The molecule has 11 heteroatoms. The Kier molecular flexibility index (Phi) is 12.1. The molecule has 44 heavy (non-hydrogen) atoms. The fourth-order valence-electron chi connectivity index (χ4n) is 4.10. The number of benzene rings is 3. The number of nitrogens with zero attached hydrogens (tertiary/aromatic N) is 1. The molecule has 3 rings (SSSR count). The van der Waals surface area contributed by atoms with Gasteiger partial charge < -0.3 is 29.6 Å². The first kappa shape index (κ1) is 33.4. The minimum absolute atomic E-state index is 0.0671. The van der Waals surface area contributed by atoms with Gasteiger partial charge in [-0.25, -0.2) is 4.79 Å². The fourth-order valence-corrected chi connectivity index (χ4v) is 4.10. The van der Waals surface area contributed by atoms with E-state index in [0.717, 1.165) is 11.1 Å². The fraction of sp³-hybridized carbons (Fsp3) is 0.333. The van der Waals surface area contributed by atoms with E-state index in [2.05, 4.69) is 20.9 Å². The van der Waals surface area contributed by atoms with Gasteiger partial charge in [-0.1, -0.05) is 48.5 Å². The van der Waals surface area contributed by atoms with E-state index in [9.17, 15) is 14.4 Å². The second-order valence-electron chi connectivity index (χ2n) is 10.8. The summed E-state index contributed by atoms with van der Waals surface area (Å²) in [5, 5.41) is 8.53. The first-order valence-corrected chi connectivity index (χ1v) is 14.0. The van der Waals surface area contributed by atoms with Crippen LogP contribution in [0, 0.1) is 0 Å². The molecule has 0 aliphatic carbocycles. The van der Waals surface area contributed by atoms with Gasteiger partial charge in [-0.2, -0.15) is 0 Å². The predicted molar refractivity (Wildman–Crippen MR) is 167 cm³/mol. The quantitative estimate of drug-likeness (QED) is 0.219. The van der Waals surface area contributed by atoms with E-state index >= 15 is 0 Å². The van der Waals surface area contributed by atoms with Crippen molar-refractivity contribution < 1.29 is 33.3 Å². The van der Waals surface area contributed by atoms with Gasteiger partial charge in [0, 0.05) is 13.0 Å². The summed E-state index contributed by atoms with van der Waals surface area (Å²) < 4.78 is 21.2. The molecule has 0 aromatic heterocycles. The molecular formula is C33H40N4O7. The second kappa shape index (κ2) is 16.0. The highest BCUT2D eigenvalue weighted by Gasteiger charge is 2.24. The van der Waals surface area contributed by atoms with Crippen LogP contribution in [0.4, 0.5) is 4.79 Å². The normalized spacial score (nSPS) is 12.0. The molecule has 0 saturated heterocycles. The van der Waals surface area contributed by atoms with Crippen LogP contribution in [0.15, 0.2) is 77.8 Å². The molecule has 3 aromatic carbocycles. The number of carbonyl (C=O) groups excluding carboxylic acids is 3. The zero-order valence-electron chi connectivity index (χ0n) is 25.9. The van der Waals surface area contributed by atoms with Gasteiger partial charge >= 0.3 is 6.09 Å². The standard InChI is InChI=1S/C33H40N4O7/c1-33(2,3)44-32(40)37-31(36-29(38)20-24-14-17-27(42-5)28(19-24)43-6)35-26(18-22-10-8-7-9-11-22)30(39)34-21-23-12-15-25(41-4)16-13-23/h7-17,19,26H,18,20-21H2,1-6H3,(H,34,39)(H2,35,36,37,38,40)/t26-/m1/s1. The molecule has 0 aliphatic rings. The molecule has 3 aromatic rings. The van der Waals surface area contributed by atoms with Crippen LogP contribution in [0.25, 0.3) is 0 Å². The van der Waals surface area contributed by atoms with E-state index in [1.54, 1.807) is 58.2 Å². The van der Waals surface area contributed by atoms with Gasteiger partial charge in [0.25, 0.3) is 0 Å². The van der Waals surface area contributed by atoms with Gasteiger partial charge in [0.15, 0.2) is 11.5 Å². The van der Waals surface area contributed by atoms with E-state index in [-0.39, 0.29) is 31.3 Å². The van der Waals surface area contributed by atoms with Crippen molar-refractivity contribution in [2.75, 3.05) is 21.3 Å². The molecule has 0 unspecified atom stereocenters. The van der Waals surface area contributed by atoms with Gasteiger partial charge in [0.2, 0.25) is 17.8 Å². The largest absolute Gasteiger partial charge is 0.497 e. The SMILES string of the molecule is COc1ccc(CNC(=O)[C@@H](Cc2ccccc2)N/C(=N/C(=O)OC(C)(C)C)NC(=O)Cc2ccc(OC)c(OC)c2)cc1. The number of methoxy groups -OCH3 is 3. The highest BCUT2D eigenvalue weighted by Crippen LogP contribution is 2.27. The molecule has 1 atom stereocenters. The van der Waals surface area contributed by atoms with Gasteiger partial charge in [-0.3, -0.25) is 14.9 Å². The van der Waals surface area contributed by atoms with E-state index in [1.807, 2.05) is 42.5 Å². The third kappa shape index (κ3) is 11.0. The van der Waals surface area contributed by atoms with Crippen LogP contribution >= 0.6 is 0 Å². The highest BCUT2D eigenvalue weighted by molar-refractivity contribution is 6.03. The van der Waals surface area contributed by atoms with Gasteiger partial charge in [0.1, 0.15) is 17.4 Å². The first-order chi connectivity index (χ1) is 21.0. The zero-order chi connectivity index (χ0) is 32.1. The Morgan fingerprint density at radius 1 is 0.795 bits per heavy atom. The van der Waals surface area contributed by atoms with E-state index < -0.39 is 23.6 Å². The van der Waals surface area contributed by atoms with Gasteiger partial charge in [-0.15, -0.1) is 4.99 Å². The summed E-state index contributed by atoms with van der Waals surface area (Å²) in [5.41, 5.74) is 1.53. The number of carbonyl (C=O) groups is 3. The number of nitrogens with one attached hydrogen (secondary N) is 3. The maximum absolute atomic E-state index is 13.5. The van der Waals surface area contributed by atoms with Gasteiger partial charge in [-0.05, 0) is 61.7 Å². The number of rotatable bonds is 11. The van der Waals surface area contributed by atoms with Crippen molar-refractivity contribution in [2.45, 2.75) is 51.8 Å². The van der Waals surface area contributed by atoms with E-state index in [1.165, 1.54) is 14.2 Å². The Balaban J connectivity index is 1.84. The third-order valence-corrected chi connectivity index (χ3v) is 6.20. The minimum Gasteiger partial charge on any atom is -0.497 e. The van der Waals surface area contributed by atoms with E-state index in [0.29, 0.717) is 22.8 Å². The van der Waals surface area contributed by atoms with Crippen LogP contribution in [0.2, 0.25) is 0 Å². The molecule has 0 spiro atoms. The Bertz CT molecular complexity index is 1430. The summed E-state index contributed by atoms with van der Waals surface area (Å²) in [6.07, 6.45) is -0.750. The number of guanidine groups is 1. The van der Waals surface area contributed by atoms with Gasteiger partial charge in [0.05, 0.1) is 27.8 Å². The van der Waals surface area contributed by atoms with Crippen LogP contribution in [-0.4, -0.2) is 56.8 Å². The first-order valence-electron chi connectivity index (χ1n) is 14.0. The summed E-state index contributed by atoms with van der Waals surface area (Å²) in [6, 6.07) is 20.9. The van der Waals surface area contributed by atoms with Crippen molar-refractivity contribution in [1.29, 1.82) is 0 Å². The molecule has 0 fully saturated rings. The molecule has 234 valence electrons. The lowest BCUT2D eigenvalue weighted by Gasteiger charge is -2.22. The van der Waals surface area contributed by atoms with Crippen molar-refractivity contribution in [3.05, 3.63) is 89.5 Å². The number of hydrogen-bond donors (Lipinski definition) is 3. The topological polar surface area (TPSA) is 137 Å². The van der Waals surface area contributed by atoms with Crippen LogP contribution < -0.4 is 30.2 Å².